The van der Waals surface area contributed by atoms with E-state index < -0.39 is 4.75 Å². The third-order valence-electron chi connectivity index (χ3n) is 2.56. The van der Waals surface area contributed by atoms with Crippen LogP contribution in [-0.4, -0.2) is 22.4 Å². The van der Waals surface area contributed by atoms with Crippen molar-refractivity contribution in [1.29, 1.82) is 0 Å². The lowest BCUT2D eigenvalue weighted by molar-refractivity contribution is -0.145. The summed E-state index contributed by atoms with van der Waals surface area (Å²) in [4.78, 5) is 12.8. The van der Waals surface area contributed by atoms with Crippen molar-refractivity contribution in [3.63, 3.8) is 0 Å². The Kier molecular flexibility index (Phi) is 4.87. The smallest absolute Gasteiger partial charge is 0.322 e. The molecular weight excluding hydrogens is 236 g/mol. The largest absolute Gasteiger partial charge is 0.508 e. The van der Waals surface area contributed by atoms with Crippen LogP contribution < -0.4 is 0 Å². The molecule has 0 bridgehead atoms. The highest BCUT2D eigenvalue weighted by atomic mass is 32.2. The van der Waals surface area contributed by atoms with Gasteiger partial charge >= 0.3 is 5.97 Å². The molecule has 1 aromatic carbocycles. The number of hydrogen-bond donors (Lipinski definition) is 1. The molecule has 3 nitrogen and oxygen atoms in total. The van der Waals surface area contributed by atoms with Gasteiger partial charge in [-0.2, -0.15) is 0 Å². The molecule has 0 aliphatic heterocycles. The number of phenolic OH excluding ortho intramolecular Hbond substituents is 1. The minimum absolute atomic E-state index is 0.194. The van der Waals surface area contributed by atoms with Crippen LogP contribution in [0.25, 0.3) is 0 Å². The van der Waals surface area contributed by atoms with Crippen LogP contribution in [0, 0.1) is 0 Å². The molecular formula is C13H18O3S. The van der Waals surface area contributed by atoms with E-state index in [1.165, 1.54) is 11.8 Å². The van der Waals surface area contributed by atoms with Gasteiger partial charge in [0.25, 0.3) is 0 Å². The van der Waals surface area contributed by atoms with Crippen molar-refractivity contribution < 1.29 is 14.6 Å². The quantitative estimate of drug-likeness (QED) is 0.647. The van der Waals surface area contributed by atoms with Gasteiger partial charge in [0, 0.05) is 4.90 Å². The summed E-state index contributed by atoms with van der Waals surface area (Å²) in [6.45, 7) is 6.04. The summed E-state index contributed by atoms with van der Waals surface area (Å²) in [6, 6.07) is 6.83. The Bertz CT molecular complexity index is 375. The Balaban J connectivity index is 2.81. The van der Waals surface area contributed by atoms with Crippen LogP contribution in [0.2, 0.25) is 0 Å². The van der Waals surface area contributed by atoms with Crippen LogP contribution >= 0.6 is 11.8 Å². The molecule has 0 radical (unpaired) electrons. The number of esters is 1. The van der Waals surface area contributed by atoms with E-state index in [0.29, 0.717) is 13.0 Å². The maximum atomic E-state index is 11.9. The zero-order valence-electron chi connectivity index (χ0n) is 10.4. The molecule has 0 heterocycles. The van der Waals surface area contributed by atoms with Crippen LogP contribution in [0.3, 0.4) is 0 Å². The van der Waals surface area contributed by atoms with Crippen LogP contribution in [0.1, 0.15) is 27.2 Å². The van der Waals surface area contributed by atoms with E-state index in [1.807, 2.05) is 13.8 Å². The van der Waals surface area contributed by atoms with Crippen LogP contribution in [0.4, 0.5) is 0 Å². The molecule has 0 spiro atoms. The maximum Gasteiger partial charge on any atom is 0.322 e. The van der Waals surface area contributed by atoms with Gasteiger partial charge in [0.15, 0.2) is 0 Å². The van der Waals surface area contributed by atoms with Crippen LogP contribution in [-0.2, 0) is 9.53 Å². The highest BCUT2D eigenvalue weighted by molar-refractivity contribution is 8.01. The van der Waals surface area contributed by atoms with Crippen molar-refractivity contribution >= 4 is 17.7 Å². The molecule has 17 heavy (non-hydrogen) atoms. The third kappa shape index (κ3) is 3.66. The van der Waals surface area contributed by atoms with Gasteiger partial charge in [-0.15, -0.1) is 11.8 Å². The van der Waals surface area contributed by atoms with Gasteiger partial charge in [-0.3, -0.25) is 4.79 Å². The predicted molar refractivity (Wildman–Crippen MR) is 69.3 cm³/mol. The number of rotatable bonds is 5. The highest BCUT2D eigenvalue weighted by Gasteiger charge is 2.34. The Labute approximate surface area is 106 Å². The average molecular weight is 254 g/mol. The molecule has 0 amide bonds. The van der Waals surface area contributed by atoms with Gasteiger partial charge in [-0.25, -0.2) is 0 Å². The number of aromatic hydroxyl groups is 1. The Morgan fingerprint density at radius 3 is 2.41 bits per heavy atom. The molecule has 94 valence electrons. The van der Waals surface area contributed by atoms with Crippen molar-refractivity contribution in [2.24, 2.45) is 0 Å². The van der Waals surface area contributed by atoms with Gasteiger partial charge in [0.2, 0.25) is 0 Å². The zero-order valence-corrected chi connectivity index (χ0v) is 11.2. The summed E-state index contributed by atoms with van der Waals surface area (Å²) in [5.74, 6) is 0.0317. The van der Waals surface area contributed by atoms with Crippen molar-refractivity contribution in [3.05, 3.63) is 24.3 Å². The third-order valence-corrected chi connectivity index (χ3v) is 3.98. The lowest BCUT2D eigenvalue weighted by Gasteiger charge is -2.25. The molecule has 0 saturated carbocycles. The number of thioether (sulfide) groups is 1. The van der Waals surface area contributed by atoms with E-state index in [2.05, 4.69) is 0 Å². The molecule has 0 aromatic heterocycles. The Hall–Kier alpha value is -1.16. The minimum Gasteiger partial charge on any atom is -0.508 e. The summed E-state index contributed by atoms with van der Waals surface area (Å²) < 4.78 is 4.51. The fourth-order valence-corrected chi connectivity index (χ4v) is 2.40. The molecule has 0 fully saturated rings. The number of phenols is 1. The number of carbonyl (C=O) groups excluding carboxylic acids is 1. The zero-order chi connectivity index (χ0) is 12.9. The molecule has 0 saturated heterocycles. The number of hydrogen-bond acceptors (Lipinski definition) is 4. The second-order valence-corrected chi connectivity index (χ2v) is 5.48. The van der Waals surface area contributed by atoms with Gasteiger partial charge in [-0.1, -0.05) is 6.92 Å². The van der Waals surface area contributed by atoms with Crippen molar-refractivity contribution in [1.82, 2.24) is 0 Å². The van der Waals surface area contributed by atoms with E-state index in [9.17, 15) is 9.90 Å². The van der Waals surface area contributed by atoms with E-state index >= 15 is 0 Å². The minimum atomic E-state index is -0.576. The summed E-state index contributed by atoms with van der Waals surface area (Å²) in [6.07, 6.45) is 0.692. The first kappa shape index (κ1) is 13.9. The van der Waals surface area contributed by atoms with Crippen LogP contribution in [0.5, 0.6) is 5.75 Å². The first-order valence-electron chi connectivity index (χ1n) is 5.67. The first-order valence-corrected chi connectivity index (χ1v) is 6.48. The number of carbonyl (C=O) groups is 1. The van der Waals surface area contributed by atoms with Crippen molar-refractivity contribution in [3.8, 4) is 5.75 Å². The van der Waals surface area contributed by atoms with Gasteiger partial charge in [-0.05, 0) is 44.5 Å². The molecule has 1 N–H and O–H groups in total. The fraction of sp³-hybridized carbons (Fsp3) is 0.462. The highest BCUT2D eigenvalue weighted by Crippen LogP contribution is 2.36. The molecule has 1 unspecified atom stereocenters. The van der Waals surface area contributed by atoms with Gasteiger partial charge in [0.1, 0.15) is 10.5 Å². The second kappa shape index (κ2) is 5.96. The lowest BCUT2D eigenvalue weighted by atomic mass is 10.1. The molecule has 1 atom stereocenters. The summed E-state index contributed by atoms with van der Waals surface area (Å²) in [5.41, 5.74) is 0. The summed E-state index contributed by atoms with van der Waals surface area (Å²) in [7, 11) is 0. The maximum absolute atomic E-state index is 11.9. The normalized spacial score (nSPS) is 14.1. The molecule has 0 aliphatic rings. The molecule has 1 rings (SSSR count). The molecule has 4 heteroatoms. The molecule has 0 aliphatic carbocycles. The fourth-order valence-electron chi connectivity index (χ4n) is 1.32. The summed E-state index contributed by atoms with van der Waals surface area (Å²) in [5, 5.41) is 9.20. The standard InChI is InChI=1S/C13H18O3S/c1-4-13(3,12(15)16-5-2)17-11-8-6-10(14)7-9-11/h6-9,14H,4-5H2,1-3H3. The SMILES string of the molecule is CCOC(=O)C(C)(CC)Sc1ccc(O)cc1. The Morgan fingerprint density at radius 2 is 1.94 bits per heavy atom. The van der Waals surface area contributed by atoms with Gasteiger partial charge in [0.05, 0.1) is 6.61 Å². The van der Waals surface area contributed by atoms with E-state index in [0.717, 1.165) is 4.90 Å². The van der Waals surface area contributed by atoms with E-state index in [-0.39, 0.29) is 11.7 Å². The Morgan fingerprint density at radius 1 is 1.35 bits per heavy atom. The predicted octanol–water partition coefficient (Wildman–Crippen LogP) is 3.22. The summed E-state index contributed by atoms with van der Waals surface area (Å²) >= 11 is 1.46. The molecule has 1 aromatic rings. The van der Waals surface area contributed by atoms with Crippen molar-refractivity contribution in [2.75, 3.05) is 6.61 Å². The topological polar surface area (TPSA) is 46.5 Å². The average Bonchev–Trinajstić information content (AvgIpc) is 2.32. The van der Waals surface area contributed by atoms with E-state index in [1.54, 1.807) is 31.2 Å². The van der Waals surface area contributed by atoms with Gasteiger partial charge < -0.3 is 9.84 Å². The lowest BCUT2D eigenvalue weighted by Crippen LogP contribution is -2.32. The second-order valence-electron chi connectivity index (χ2n) is 3.90. The number of benzene rings is 1. The monoisotopic (exact) mass is 254 g/mol. The van der Waals surface area contributed by atoms with Crippen LogP contribution in [0.15, 0.2) is 29.2 Å². The van der Waals surface area contributed by atoms with Crippen molar-refractivity contribution in [2.45, 2.75) is 36.8 Å². The number of ether oxygens (including phenoxy) is 1. The first-order chi connectivity index (χ1) is 8.01. The van der Waals surface area contributed by atoms with E-state index in [4.69, 9.17) is 4.74 Å².